The third-order valence-corrected chi connectivity index (χ3v) is 3.87. The van der Waals surface area contributed by atoms with Gasteiger partial charge in [-0.1, -0.05) is 11.6 Å². The van der Waals surface area contributed by atoms with Crippen molar-refractivity contribution in [2.45, 2.75) is 31.8 Å². The van der Waals surface area contributed by atoms with Gasteiger partial charge < -0.3 is 4.90 Å². The highest BCUT2D eigenvalue weighted by atomic mass is 35.5. The molecule has 0 bridgehead atoms. The Morgan fingerprint density at radius 1 is 1.44 bits per heavy atom. The summed E-state index contributed by atoms with van der Waals surface area (Å²) in [7, 11) is 3.94. The maximum absolute atomic E-state index is 13.7. The molecular formula is C13H21ClFN3. The van der Waals surface area contributed by atoms with Gasteiger partial charge in [0.15, 0.2) is 0 Å². The normalized spacial score (nSPS) is 14.0. The van der Waals surface area contributed by atoms with Gasteiger partial charge in [-0.05, 0) is 58.1 Å². The lowest BCUT2D eigenvalue weighted by molar-refractivity contribution is 0.137. The lowest BCUT2D eigenvalue weighted by atomic mass is 9.88. The van der Waals surface area contributed by atoms with E-state index in [2.05, 4.69) is 24.2 Å². The second-order valence-electron chi connectivity index (χ2n) is 5.21. The van der Waals surface area contributed by atoms with Crippen LogP contribution >= 0.6 is 11.6 Å². The summed E-state index contributed by atoms with van der Waals surface area (Å²) in [6, 6.07) is 4.49. The summed E-state index contributed by atoms with van der Waals surface area (Å²) >= 11 is 5.89. The van der Waals surface area contributed by atoms with Crippen molar-refractivity contribution in [2.24, 2.45) is 5.84 Å². The Labute approximate surface area is 113 Å². The van der Waals surface area contributed by atoms with E-state index >= 15 is 0 Å². The minimum Gasteiger partial charge on any atom is -0.303 e. The van der Waals surface area contributed by atoms with Crippen LogP contribution in [0.15, 0.2) is 18.2 Å². The van der Waals surface area contributed by atoms with E-state index in [4.69, 9.17) is 17.4 Å². The first-order chi connectivity index (χ1) is 8.28. The summed E-state index contributed by atoms with van der Waals surface area (Å²) in [5, 5.41) is 0.532. The molecule has 0 spiro atoms. The molecule has 3 nitrogen and oxygen atoms in total. The summed E-state index contributed by atoms with van der Waals surface area (Å²) in [6.45, 7) is 4.11. The van der Waals surface area contributed by atoms with Gasteiger partial charge in [0.1, 0.15) is 5.82 Å². The number of hydrogen-bond acceptors (Lipinski definition) is 3. The number of halogens is 2. The van der Waals surface area contributed by atoms with Crippen molar-refractivity contribution < 1.29 is 4.39 Å². The molecule has 0 fully saturated rings. The summed E-state index contributed by atoms with van der Waals surface area (Å²) in [5.41, 5.74) is 3.13. The van der Waals surface area contributed by atoms with Gasteiger partial charge in [-0.3, -0.25) is 11.3 Å². The van der Waals surface area contributed by atoms with Gasteiger partial charge in [0.2, 0.25) is 0 Å². The van der Waals surface area contributed by atoms with Crippen molar-refractivity contribution in [3.05, 3.63) is 34.6 Å². The number of rotatable bonds is 5. The highest BCUT2D eigenvalue weighted by Crippen LogP contribution is 2.22. The Kier molecular flexibility index (Phi) is 5.10. The number of nitrogens with two attached hydrogens (primary N) is 1. The molecule has 18 heavy (non-hydrogen) atoms. The molecule has 0 aliphatic rings. The van der Waals surface area contributed by atoms with Crippen LogP contribution < -0.4 is 11.3 Å². The molecule has 1 atom stereocenters. The second kappa shape index (κ2) is 5.97. The van der Waals surface area contributed by atoms with Crippen molar-refractivity contribution in [1.82, 2.24) is 10.3 Å². The highest BCUT2D eigenvalue weighted by Gasteiger charge is 2.31. The predicted molar refractivity (Wildman–Crippen MR) is 74.0 cm³/mol. The molecule has 1 aromatic rings. The van der Waals surface area contributed by atoms with Gasteiger partial charge in [-0.25, -0.2) is 4.39 Å². The summed E-state index contributed by atoms with van der Waals surface area (Å²) < 4.78 is 13.7. The summed E-state index contributed by atoms with van der Waals surface area (Å²) in [5.74, 6) is 5.35. The maximum atomic E-state index is 13.7. The lowest BCUT2D eigenvalue weighted by Crippen LogP contribution is -2.58. The Hall–Kier alpha value is -0.680. The highest BCUT2D eigenvalue weighted by molar-refractivity contribution is 6.30. The lowest BCUT2D eigenvalue weighted by Gasteiger charge is -2.40. The van der Waals surface area contributed by atoms with Crippen molar-refractivity contribution in [3.63, 3.8) is 0 Å². The number of hydrazine groups is 1. The van der Waals surface area contributed by atoms with Gasteiger partial charge in [-0.15, -0.1) is 0 Å². The van der Waals surface area contributed by atoms with Crippen molar-refractivity contribution in [3.8, 4) is 0 Å². The number of benzene rings is 1. The first-order valence-electron chi connectivity index (χ1n) is 5.86. The van der Waals surface area contributed by atoms with E-state index in [0.29, 0.717) is 17.0 Å². The van der Waals surface area contributed by atoms with E-state index < -0.39 is 0 Å². The van der Waals surface area contributed by atoms with Crippen LogP contribution in [0.25, 0.3) is 0 Å². The SMILES string of the molecule is CN(C)C(C)(C)C(Cc1cc(Cl)ccc1F)NN. The Bertz CT molecular complexity index is 407. The molecule has 1 rings (SSSR count). The zero-order chi connectivity index (χ0) is 13.9. The number of likely N-dealkylation sites (N-methyl/N-ethyl adjacent to an activating group) is 1. The smallest absolute Gasteiger partial charge is 0.126 e. The van der Waals surface area contributed by atoms with E-state index in [1.807, 2.05) is 14.1 Å². The molecule has 1 unspecified atom stereocenters. The minimum atomic E-state index is -0.255. The molecule has 0 aromatic heterocycles. The Balaban J connectivity index is 2.96. The fourth-order valence-corrected chi connectivity index (χ4v) is 1.94. The molecule has 1 aromatic carbocycles. The Morgan fingerprint density at radius 2 is 2.06 bits per heavy atom. The zero-order valence-electron chi connectivity index (χ0n) is 11.3. The van der Waals surface area contributed by atoms with E-state index in [1.165, 1.54) is 6.07 Å². The summed E-state index contributed by atoms with van der Waals surface area (Å²) in [4.78, 5) is 2.06. The molecular weight excluding hydrogens is 253 g/mol. The molecule has 102 valence electrons. The zero-order valence-corrected chi connectivity index (χ0v) is 12.1. The van der Waals surface area contributed by atoms with E-state index in [0.717, 1.165) is 0 Å². The average Bonchev–Trinajstić information content (AvgIpc) is 2.29. The third-order valence-electron chi connectivity index (χ3n) is 3.64. The maximum Gasteiger partial charge on any atom is 0.126 e. The molecule has 0 aliphatic heterocycles. The monoisotopic (exact) mass is 273 g/mol. The van der Waals surface area contributed by atoms with E-state index in [9.17, 15) is 4.39 Å². The molecule has 3 N–H and O–H groups in total. The van der Waals surface area contributed by atoms with E-state index in [1.54, 1.807) is 12.1 Å². The quantitative estimate of drug-likeness (QED) is 0.638. The van der Waals surface area contributed by atoms with Crippen LogP contribution in [-0.2, 0) is 6.42 Å². The van der Waals surface area contributed by atoms with Gasteiger partial charge in [-0.2, -0.15) is 0 Å². The average molecular weight is 274 g/mol. The van der Waals surface area contributed by atoms with Crippen molar-refractivity contribution in [1.29, 1.82) is 0 Å². The van der Waals surface area contributed by atoms with Crippen LogP contribution in [0.3, 0.4) is 0 Å². The first-order valence-corrected chi connectivity index (χ1v) is 6.24. The minimum absolute atomic E-state index is 0.0829. The molecule has 0 radical (unpaired) electrons. The fourth-order valence-electron chi connectivity index (χ4n) is 1.74. The van der Waals surface area contributed by atoms with Crippen molar-refractivity contribution in [2.75, 3.05) is 14.1 Å². The molecule has 0 heterocycles. The van der Waals surface area contributed by atoms with Crippen LogP contribution in [0.4, 0.5) is 4.39 Å². The number of hydrogen-bond donors (Lipinski definition) is 2. The van der Waals surface area contributed by atoms with Crippen LogP contribution in [-0.4, -0.2) is 30.6 Å². The Morgan fingerprint density at radius 3 is 2.56 bits per heavy atom. The van der Waals surface area contributed by atoms with Gasteiger partial charge >= 0.3 is 0 Å². The van der Waals surface area contributed by atoms with Crippen LogP contribution in [0.5, 0.6) is 0 Å². The van der Waals surface area contributed by atoms with Crippen LogP contribution in [0.2, 0.25) is 5.02 Å². The number of nitrogens with zero attached hydrogens (tertiary/aromatic N) is 1. The second-order valence-corrected chi connectivity index (χ2v) is 5.64. The van der Waals surface area contributed by atoms with Crippen LogP contribution in [0.1, 0.15) is 19.4 Å². The standard InChI is InChI=1S/C13H21ClFN3/c1-13(2,18(3)4)12(17-16)8-9-7-10(14)5-6-11(9)15/h5-7,12,17H,8,16H2,1-4H3. The molecule has 0 aliphatic carbocycles. The topological polar surface area (TPSA) is 41.3 Å². The largest absolute Gasteiger partial charge is 0.303 e. The third kappa shape index (κ3) is 3.42. The molecule has 0 saturated carbocycles. The van der Waals surface area contributed by atoms with Gasteiger partial charge in [0.25, 0.3) is 0 Å². The molecule has 5 heteroatoms. The van der Waals surface area contributed by atoms with Gasteiger partial charge in [0, 0.05) is 16.6 Å². The van der Waals surface area contributed by atoms with E-state index in [-0.39, 0.29) is 17.4 Å². The molecule has 0 saturated heterocycles. The first kappa shape index (κ1) is 15.4. The van der Waals surface area contributed by atoms with Crippen molar-refractivity contribution >= 4 is 11.6 Å². The number of nitrogens with one attached hydrogen (secondary N) is 1. The van der Waals surface area contributed by atoms with Gasteiger partial charge in [0.05, 0.1) is 0 Å². The molecule has 0 amide bonds. The summed E-state index contributed by atoms with van der Waals surface area (Å²) in [6.07, 6.45) is 0.480. The fraction of sp³-hybridized carbons (Fsp3) is 0.538. The predicted octanol–water partition coefficient (Wildman–Crippen LogP) is 2.19. The van der Waals surface area contributed by atoms with Crippen LogP contribution in [0, 0.1) is 5.82 Å².